The van der Waals surface area contributed by atoms with E-state index >= 15 is 0 Å². The summed E-state index contributed by atoms with van der Waals surface area (Å²) in [6.07, 6.45) is 7.22. The first-order chi connectivity index (χ1) is 8.81. The molecule has 0 saturated heterocycles. The largest absolute Gasteiger partial charge is 0.309 e. The minimum Gasteiger partial charge on any atom is -0.309 e. The van der Waals surface area contributed by atoms with E-state index in [1.54, 1.807) is 0 Å². The maximum absolute atomic E-state index is 3.65. The monoisotopic (exact) mass is 283 g/mol. The van der Waals surface area contributed by atoms with Gasteiger partial charge >= 0.3 is 0 Å². The predicted molar refractivity (Wildman–Crippen MR) is 84.8 cm³/mol. The number of hydrogen-bond acceptors (Lipinski definition) is 3. The highest BCUT2D eigenvalue weighted by molar-refractivity contribution is 7.99. The van der Waals surface area contributed by atoms with Crippen LogP contribution in [-0.4, -0.2) is 17.5 Å². The summed E-state index contributed by atoms with van der Waals surface area (Å²) in [5, 5.41) is 6.79. The molecule has 0 aromatic carbocycles. The molecule has 2 rings (SSSR count). The quantitative estimate of drug-likeness (QED) is 0.807. The maximum Gasteiger partial charge on any atom is 0.0422 e. The standard InChI is InChI=1S/C15H25NS2/c1-3-16-15(14-9-10-17-12(14)2)11-18-13-7-5-4-6-8-13/h9-10,13,15-16H,3-8,11H2,1-2H3. The fraction of sp³-hybridized carbons (Fsp3) is 0.733. The Morgan fingerprint density at radius 2 is 2.17 bits per heavy atom. The molecular weight excluding hydrogens is 258 g/mol. The molecule has 1 aliphatic carbocycles. The Kier molecular flexibility index (Phi) is 6.06. The first-order valence-corrected chi connectivity index (χ1v) is 9.13. The van der Waals surface area contributed by atoms with Gasteiger partial charge in [0.25, 0.3) is 0 Å². The highest BCUT2D eigenvalue weighted by Crippen LogP contribution is 2.32. The van der Waals surface area contributed by atoms with Crippen LogP contribution in [0.3, 0.4) is 0 Å². The molecule has 1 unspecified atom stereocenters. The van der Waals surface area contributed by atoms with E-state index in [-0.39, 0.29) is 0 Å². The minimum absolute atomic E-state index is 0.549. The molecule has 1 fully saturated rings. The zero-order chi connectivity index (χ0) is 12.8. The molecule has 1 atom stereocenters. The Bertz CT molecular complexity index is 342. The lowest BCUT2D eigenvalue weighted by molar-refractivity contribution is 0.514. The van der Waals surface area contributed by atoms with Crippen molar-refractivity contribution in [2.75, 3.05) is 12.3 Å². The zero-order valence-electron chi connectivity index (χ0n) is 11.6. The van der Waals surface area contributed by atoms with E-state index in [4.69, 9.17) is 0 Å². The maximum atomic E-state index is 3.65. The summed E-state index contributed by atoms with van der Waals surface area (Å²) in [6, 6.07) is 2.85. The van der Waals surface area contributed by atoms with Gasteiger partial charge in [0.15, 0.2) is 0 Å². The van der Waals surface area contributed by atoms with Crippen LogP contribution in [0.2, 0.25) is 0 Å². The molecule has 0 bridgehead atoms. The van der Waals surface area contributed by atoms with Crippen LogP contribution in [0, 0.1) is 6.92 Å². The highest BCUT2D eigenvalue weighted by atomic mass is 32.2. The average Bonchev–Trinajstić information content (AvgIpc) is 2.82. The molecule has 1 saturated carbocycles. The fourth-order valence-corrected chi connectivity index (χ4v) is 4.92. The lowest BCUT2D eigenvalue weighted by Crippen LogP contribution is -2.24. The van der Waals surface area contributed by atoms with Gasteiger partial charge in [-0.05, 0) is 43.3 Å². The normalized spacial score (nSPS) is 19.0. The van der Waals surface area contributed by atoms with E-state index in [2.05, 4.69) is 42.4 Å². The third kappa shape index (κ3) is 4.01. The summed E-state index contributed by atoms with van der Waals surface area (Å²) in [4.78, 5) is 1.48. The second-order valence-corrected chi connectivity index (χ2v) is 7.59. The molecule has 0 spiro atoms. The Morgan fingerprint density at radius 1 is 1.39 bits per heavy atom. The molecule has 0 amide bonds. The first kappa shape index (κ1) is 14.4. The molecule has 1 heterocycles. The Hall–Kier alpha value is 0.01000. The van der Waals surface area contributed by atoms with E-state index < -0.39 is 0 Å². The summed E-state index contributed by atoms with van der Waals surface area (Å²) in [5.41, 5.74) is 1.52. The smallest absolute Gasteiger partial charge is 0.0422 e. The Morgan fingerprint density at radius 3 is 2.78 bits per heavy atom. The second kappa shape index (κ2) is 7.56. The third-order valence-electron chi connectivity index (χ3n) is 3.78. The average molecular weight is 284 g/mol. The highest BCUT2D eigenvalue weighted by Gasteiger charge is 2.18. The van der Waals surface area contributed by atoms with Crippen molar-refractivity contribution in [1.29, 1.82) is 0 Å². The third-order valence-corrected chi connectivity index (χ3v) is 6.11. The molecule has 1 aliphatic rings. The molecule has 1 aromatic rings. The molecule has 0 radical (unpaired) electrons. The van der Waals surface area contributed by atoms with Gasteiger partial charge in [-0.3, -0.25) is 0 Å². The summed E-state index contributed by atoms with van der Waals surface area (Å²) in [6.45, 7) is 5.51. The van der Waals surface area contributed by atoms with Crippen molar-refractivity contribution < 1.29 is 0 Å². The van der Waals surface area contributed by atoms with E-state index in [0.717, 1.165) is 11.8 Å². The number of aryl methyl sites for hydroxylation is 1. The van der Waals surface area contributed by atoms with Crippen LogP contribution >= 0.6 is 23.1 Å². The van der Waals surface area contributed by atoms with Crippen molar-refractivity contribution in [3.8, 4) is 0 Å². The molecule has 0 aliphatic heterocycles. The lowest BCUT2D eigenvalue weighted by atomic mass is 10.0. The van der Waals surface area contributed by atoms with Crippen LogP contribution in [0.1, 0.15) is 55.5 Å². The van der Waals surface area contributed by atoms with Crippen molar-refractivity contribution in [2.24, 2.45) is 0 Å². The van der Waals surface area contributed by atoms with Gasteiger partial charge in [0.1, 0.15) is 0 Å². The van der Waals surface area contributed by atoms with Crippen molar-refractivity contribution in [2.45, 2.75) is 57.2 Å². The van der Waals surface area contributed by atoms with Gasteiger partial charge in [-0.25, -0.2) is 0 Å². The summed E-state index contributed by atoms with van der Waals surface area (Å²) in [7, 11) is 0. The van der Waals surface area contributed by atoms with Crippen LogP contribution < -0.4 is 5.32 Å². The van der Waals surface area contributed by atoms with Gasteiger partial charge in [0.2, 0.25) is 0 Å². The number of rotatable bonds is 6. The number of thioether (sulfide) groups is 1. The van der Waals surface area contributed by atoms with Crippen LogP contribution in [0.5, 0.6) is 0 Å². The summed E-state index contributed by atoms with van der Waals surface area (Å²) >= 11 is 4.07. The fourth-order valence-electron chi connectivity index (χ4n) is 2.73. The van der Waals surface area contributed by atoms with Crippen molar-refractivity contribution in [1.82, 2.24) is 5.32 Å². The van der Waals surface area contributed by atoms with Gasteiger partial charge in [-0.2, -0.15) is 11.8 Å². The van der Waals surface area contributed by atoms with Gasteiger partial charge in [0, 0.05) is 21.9 Å². The molecule has 3 heteroatoms. The molecule has 18 heavy (non-hydrogen) atoms. The summed E-state index contributed by atoms with van der Waals surface area (Å²) in [5.74, 6) is 1.23. The van der Waals surface area contributed by atoms with Crippen LogP contribution in [0.15, 0.2) is 11.4 Å². The van der Waals surface area contributed by atoms with Gasteiger partial charge in [-0.15, -0.1) is 11.3 Å². The van der Waals surface area contributed by atoms with Crippen LogP contribution in [-0.2, 0) is 0 Å². The van der Waals surface area contributed by atoms with Gasteiger partial charge in [-0.1, -0.05) is 26.2 Å². The van der Waals surface area contributed by atoms with Crippen molar-refractivity contribution in [3.05, 3.63) is 21.9 Å². The topological polar surface area (TPSA) is 12.0 Å². The summed E-state index contributed by atoms with van der Waals surface area (Å²) < 4.78 is 0. The molecule has 1 N–H and O–H groups in total. The second-order valence-electron chi connectivity index (χ2n) is 5.14. The first-order valence-electron chi connectivity index (χ1n) is 7.20. The van der Waals surface area contributed by atoms with Crippen LogP contribution in [0.4, 0.5) is 0 Å². The Labute approximate surface area is 120 Å². The van der Waals surface area contributed by atoms with Gasteiger partial charge in [0.05, 0.1) is 0 Å². The molecule has 102 valence electrons. The van der Waals surface area contributed by atoms with Gasteiger partial charge < -0.3 is 5.32 Å². The van der Waals surface area contributed by atoms with Crippen molar-refractivity contribution in [3.63, 3.8) is 0 Å². The minimum atomic E-state index is 0.549. The van der Waals surface area contributed by atoms with E-state index in [1.165, 1.54) is 48.3 Å². The molecule has 1 aromatic heterocycles. The van der Waals surface area contributed by atoms with Crippen molar-refractivity contribution >= 4 is 23.1 Å². The van der Waals surface area contributed by atoms with Crippen LogP contribution in [0.25, 0.3) is 0 Å². The lowest BCUT2D eigenvalue weighted by Gasteiger charge is -2.24. The SMILES string of the molecule is CCNC(CSC1CCCCC1)c1ccsc1C. The zero-order valence-corrected chi connectivity index (χ0v) is 13.2. The van der Waals surface area contributed by atoms with E-state index in [0.29, 0.717) is 6.04 Å². The Balaban J connectivity index is 1.88. The number of nitrogens with one attached hydrogen (secondary N) is 1. The number of thiophene rings is 1. The molecule has 1 nitrogen and oxygen atoms in total. The van der Waals surface area contributed by atoms with E-state index in [9.17, 15) is 0 Å². The van der Waals surface area contributed by atoms with E-state index in [1.807, 2.05) is 11.3 Å². The molecular formula is C15H25NS2. The number of hydrogen-bond donors (Lipinski definition) is 1. The predicted octanol–water partition coefficient (Wildman–Crippen LogP) is 4.77.